The maximum absolute atomic E-state index is 12.8. The topological polar surface area (TPSA) is 83.6 Å². The lowest BCUT2D eigenvalue weighted by Gasteiger charge is -2.16. The lowest BCUT2D eigenvalue weighted by Crippen LogP contribution is -2.46. The van der Waals surface area contributed by atoms with Gasteiger partial charge in [-0.15, -0.1) is 0 Å². The third-order valence-corrected chi connectivity index (χ3v) is 4.27. The number of imide groups is 2. The predicted octanol–water partition coefficient (Wildman–Crippen LogP) is 2.89. The molecular formula is C20H18N2O4. The van der Waals surface area contributed by atoms with Gasteiger partial charge in [0.2, 0.25) is 5.91 Å². The highest BCUT2D eigenvalue weighted by Crippen LogP contribution is 2.38. The largest absolute Gasteiger partial charge is 0.335 e. The van der Waals surface area contributed by atoms with Crippen molar-refractivity contribution in [2.75, 3.05) is 4.90 Å². The minimum atomic E-state index is -1.02. The van der Waals surface area contributed by atoms with E-state index in [2.05, 4.69) is 5.32 Å². The average Bonchev–Trinajstić information content (AvgIpc) is 2.93. The van der Waals surface area contributed by atoms with Gasteiger partial charge in [0.15, 0.2) is 5.78 Å². The lowest BCUT2D eigenvalue weighted by atomic mass is 9.90. The molecule has 0 radical (unpaired) electrons. The summed E-state index contributed by atoms with van der Waals surface area (Å²) in [5.74, 6) is -2.88. The standard InChI is InChI=1S/C20H18N2O4/c1-12(2)17(23)16-14-10-6-7-11-15(14)22(19(16)25)20(26)21-18(24)13-8-4-3-5-9-13/h3-12,16H,1-2H3,(H,21,24,26). The van der Waals surface area contributed by atoms with E-state index in [1.807, 2.05) is 0 Å². The summed E-state index contributed by atoms with van der Waals surface area (Å²) in [7, 11) is 0. The van der Waals surface area contributed by atoms with Gasteiger partial charge >= 0.3 is 6.03 Å². The molecule has 0 fully saturated rings. The number of Topliss-reactive ketones (excluding diaryl/α,β-unsaturated/α-hetero) is 1. The number of hydrogen-bond acceptors (Lipinski definition) is 4. The monoisotopic (exact) mass is 350 g/mol. The van der Waals surface area contributed by atoms with E-state index >= 15 is 0 Å². The van der Waals surface area contributed by atoms with E-state index in [0.29, 0.717) is 16.8 Å². The number of nitrogens with zero attached hydrogens (tertiary/aromatic N) is 1. The highest BCUT2D eigenvalue weighted by Gasteiger charge is 2.45. The number of amides is 4. The SMILES string of the molecule is CC(C)C(=O)C1C(=O)N(C(=O)NC(=O)c2ccccc2)c2ccccc21. The van der Waals surface area contributed by atoms with Gasteiger partial charge in [0, 0.05) is 11.5 Å². The minimum absolute atomic E-state index is 0.257. The van der Waals surface area contributed by atoms with Gasteiger partial charge < -0.3 is 0 Å². The Labute approximate surface area is 150 Å². The van der Waals surface area contributed by atoms with Crippen LogP contribution in [0.5, 0.6) is 0 Å². The first kappa shape index (κ1) is 17.5. The van der Waals surface area contributed by atoms with Crippen molar-refractivity contribution in [1.29, 1.82) is 0 Å². The zero-order valence-corrected chi connectivity index (χ0v) is 14.4. The molecule has 26 heavy (non-hydrogen) atoms. The van der Waals surface area contributed by atoms with E-state index in [9.17, 15) is 19.2 Å². The fraction of sp³-hybridized carbons (Fsp3) is 0.200. The molecule has 6 nitrogen and oxygen atoms in total. The number of hydrogen-bond donors (Lipinski definition) is 1. The van der Waals surface area contributed by atoms with Crippen LogP contribution < -0.4 is 10.2 Å². The van der Waals surface area contributed by atoms with Gasteiger partial charge in [0.05, 0.1) is 5.69 Å². The Bertz CT molecular complexity index is 890. The molecule has 132 valence electrons. The van der Waals surface area contributed by atoms with Gasteiger partial charge in [-0.3, -0.25) is 19.7 Å². The molecule has 6 heteroatoms. The number of anilines is 1. The summed E-state index contributed by atoms with van der Waals surface area (Å²) < 4.78 is 0. The van der Waals surface area contributed by atoms with Crippen LogP contribution in [0.2, 0.25) is 0 Å². The molecule has 0 bridgehead atoms. The molecule has 1 aliphatic heterocycles. The summed E-state index contributed by atoms with van der Waals surface area (Å²) in [6.07, 6.45) is 0. The first-order valence-corrected chi connectivity index (χ1v) is 8.28. The molecule has 2 aromatic carbocycles. The Morgan fingerprint density at radius 1 is 0.962 bits per heavy atom. The van der Waals surface area contributed by atoms with Crippen molar-refractivity contribution < 1.29 is 19.2 Å². The van der Waals surface area contributed by atoms with E-state index in [0.717, 1.165) is 4.90 Å². The van der Waals surface area contributed by atoms with E-state index in [4.69, 9.17) is 0 Å². The van der Waals surface area contributed by atoms with Crippen molar-refractivity contribution in [2.45, 2.75) is 19.8 Å². The number of ketones is 1. The Balaban J connectivity index is 1.90. The highest BCUT2D eigenvalue weighted by atomic mass is 16.2. The number of carbonyl (C=O) groups excluding carboxylic acids is 4. The zero-order chi connectivity index (χ0) is 18.8. The molecule has 0 saturated heterocycles. The summed E-state index contributed by atoms with van der Waals surface area (Å²) in [5.41, 5.74) is 1.11. The smallest absolute Gasteiger partial charge is 0.298 e. The van der Waals surface area contributed by atoms with Crippen molar-refractivity contribution in [3.63, 3.8) is 0 Å². The third-order valence-electron chi connectivity index (χ3n) is 4.27. The summed E-state index contributed by atoms with van der Waals surface area (Å²) in [6.45, 7) is 3.42. The molecule has 1 atom stereocenters. The minimum Gasteiger partial charge on any atom is -0.298 e. The Kier molecular flexibility index (Phi) is 4.67. The van der Waals surface area contributed by atoms with Crippen LogP contribution in [0.25, 0.3) is 0 Å². The number of fused-ring (bicyclic) bond motifs is 1. The number of rotatable bonds is 3. The first-order valence-electron chi connectivity index (χ1n) is 8.28. The fourth-order valence-corrected chi connectivity index (χ4v) is 2.95. The van der Waals surface area contributed by atoms with Crippen molar-refractivity contribution in [3.05, 3.63) is 65.7 Å². The van der Waals surface area contributed by atoms with Crippen LogP contribution in [0.15, 0.2) is 54.6 Å². The van der Waals surface area contributed by atoms with Crippen molar-refractivity contribution in [3.8, 4) is 0 Å². The first-order chi connectivity index (χ1) is 12.4. The highest BCUT2D eigenvalue weighted by molar-refractivity contribution is 6.29. The molecule has 1 unspecified atom stereocenters. The second kappa shape index (κ2) is 6.92. The number of urea groups is 1. The molecule has 1 aliphatic rings. The van der Waals surface area contributed by atoms with Crippen LogP contribution in [0.3, 0.4) is 0 Å². The third kappa shape index (κ3) is 3.01. The molecular weight excluding hydrogens is 332 g/mol. The summed E-state index contributed by atoms with van der Waals surface area (Å²) in [5, 5.41) is 2.21. The maximum atomic E-state index is 12.8. The number of nitrogens with one attached hydrogen (secondary N) is 1. The molecule has 0 spiro atoms. The second-order valence-electron chi connectivity index (χ2n) is 6.35. The number of para-hydroxylation sites is 1. The molecule has 0 saturated carbocycles. The van der Waals surface area contributed by atoms with Crippen LogP contribution in [-0.2, 0) is 9.59 Å². The lowest BCUT2D eigenvalue weighted by molar-refractivity contribution is -0.129. The molecule has 1 heterocycles. The second-order valence-corrected chi connectivity index (χ2v) is 6.35. The predicted molar refractivity (Wildman–Crippen MR) is 95.8 cm³/mol. The summed E-state index contributed by atoms with van der Waals surface area (Å²) >= 11 is 0. The Morgan fingerprint density at radius 3 is 2.23 bits per heavy atom. The molecule has 0 aliphatic carbocycles. The van der Waals surface area contributed by atoms with Crippen LogP contribution >= 0.6 is 0 Å². The Hall–Kier alpha value is -3.28. The molecule has 2 aromatic rings. The zero-order valence-electron chi connectivity index (χ0n) is 14.4. The van der Waals surface area contributed by atoms with Crippen molar-refractivity contribution in [1.82, 2.24) is 5.32 Å². The molecule has 0 aromatic heterocycles. The van der Waals surface area contributed by atoms with Gasteiger partial charge in [-0.2, -0.15) is 0 Å². The van der Waals surface area contributed by atoms with Crippen molar-refractivity contribution in [2.24, 2.45) is 5.92 Å². The molecule has 1 N–H and O–H groups in total. The molecule has 4 amide bonds. The van der Waals surface area contributed by atoms with Crippen LogP contribution in [0.4, 0.5) is 10.5 Å². The van der Waals surface area contributed by atoms with E-state index in [1.165, 1.54) is 0 Å². The van der Waals surface area contributed by atoms with Gasteiger partial charge in [0.1, 0.15) is 5.92 Å². The normalized spacial score (nSPS) is 15.7. The maximum Gasteiger partial charge on any atom is 0.335 e. The van der Waals surface area contributed by atoms with Crippen LogP contribution in [0, 0.1) is 5.92 Å². The van der Waals surface area contributed by atoms with Gasteiger partial charge in [-0.1, -0.05) is 50.2 Å². The summed E-state index contributed by atoms with van der Waals surface area (Å²) in [6, 6.07) is 14.0. The van der Waals surface area contributed by atoms with Gasteiger partial charge in [0.25, 0.3) is 5.91 Å². The van der Waals surface area contributed by atoms with Gasteiger partial charge in [-0.25, -0.2) is 9.69 Å². The number of benzene rings is 2. The number of carbonyl (C=O) groups is 4. The van der Waals surface area contributed by atoms with E-state index in [1.54, 1.807) is 68.4 Å². The van der Waals surface area contributed by atoms with E-state index in [-0.39, 0.29) is 11.7 Å². The molecule has 3 rings (SSSR count). The van der Waals surface area contributed by atoms with Gasteiger partial charge in [-0.05, 0) is 23.8 Å². The average molecular weight is 350 g/mol. The fourth-order valence-electron chi connectivity index (χ4n) is 2.95. The Morgan fingerprint density at radius 2 is 1.58 bits per heavy atom. The summed E-state index contributed by atoms with van der Waals surface area (Å²) in [4.78, 5) is 51.0. The quantitative estimate of drug-likeness (QED) is 0.863. The van der Waals surface area contributed by atoms with Crippen LogP contribution in [-0.4, -0.2) is 23.6 Å². The van der Waals surface area contributed by atoms with E-state index < -0.39 is 23.8 Å². The van der Waals surface area contributed by atoms with Crippen LogP contribution in [0.1, 0.15) is 35.7 Å². The van der Waals surface area contributed by atoms with Crippen molar-refractivity contribution >= 4 is 29.3 Å².